The van der Waals surface area contributed by atoms with Gasteiger partial charge in [0, 0.05) is 17.6 Å². The zero-order valence-electron chi connectivity index (χ0n) is 49.6. The Kier molecular flexibility index (Phi) is 24.6. The second-order valence-corrected chi connectivity index (χ2v) is 26.1. The number of rotatable bonds is 26. The number of carboxylic acids is 3. The summed E-state index contributed by atoms with van der Waals surface area (Å²) in [6.07, 6.45) is 5.55. The van der Waals surface area contributed by atoms with E-state index >= 15 is 0 Å². The summed E-state index contributed by atoms with van der Waals surface area (Å²) < 4.78 is 89.5. The molecule has 9 aromatic carbocycles. The molecule has 0 aliphatic heterocycles. The molecule has 0 heterocycles. The van der Waals surface area contributed by atoms with Crippen LogP contribution in [0.5, 0.6) is 5.75 Å². The van der Waals surface area contributed by atoms with E-state index < -0.39 is 48.0 Å². The number of aromatic carboxylic acids is 3. The number of para-hydroxylation sites is 3. The number of carbonyl (C=O) groups excluding carboxylic acids is 1. The number of carboxylic acid groups (broad SMARTS) is 3. The molecule has 22 heteroatoms. The number of benzene rings is 9. The molecular weight excluding hydrogens is 1240 g/mol. The highest BCUT2D eigenvalue weighted by Crippen LogP contribution is 2.28. The second kappa shape index (κ2) is 32.6. The van der Waals surface area contributed by atoms with Gasteiger partial charge in [0.1, 0.15) is 5.75 Å². The summed E-state index contributed by atoms with van der Waals surface area (Å²) >= 11 is 5.83. The van der Waals surface area contributed by atoms with Gasteiger partial charge in [0.05, 0.1) is 55.5 Å². The largest absolute Gasteiger partial charge is 0.497 e. The highest BCUT2D eigenvalue weighted by Gasteiger charge is 2.20. The first-order chi connectivity index (χ1) is 43.5. The average Bonchev–Trinajstić information content (AvgIpc) is 3.18. The molecule has 0 saturated heterocycles. The number of aryl methyl sites for hydroxylation is 6. The molecule has 91 heavy (non-hydrogen) atoms. The second-order valence-electron chi connectivity index (χ2n) is 20.6. The van der Waals surface area contributed by atoms with Gasteiger partial charge in [-0.2, -0.15) is 0 Å². The third-order valence-electron chi connectivity index (χ3n) is 14.2. The van der Waals surface area contributed by atoms with Crippen molar-refractivity contribution in [3.63, 3.8) is 0 Å². The monoisotopic (exact) mass is 1310 g/mol. The van der Waals surface area contributed by atoms with Crippen LogP contribution in [0.1, 0.15) is 90.6 Å². The van der Waals surface area contributed by atoms with Gasteiger partial charge in [0.25, 0.3) is 30.1 Å². The first-order valence-corrected chi connectivity index (χ1v) is 33.4. The Morgan fingerprint density at radius 3 is 0.934 bits per heavy atom. The third kappa shape index (κ3) is 20.4. The van der Waals surface area contributed by atoms with E-state index in [2.05, 4.69) is 19.5 Å². The minimum absolute atomic E-state index is 0.0804. The molecule has 0 aromatic heterocycles. The van der Waals surface area contributed by atoms with Gasteiger partial charge in [-0.3, -0.25) is 19.0 Å². The van der Waals surface area contributed by atoms with Crippen LogP contribution >= 0.6 is 11.6 Å². The fourth-order valence-electron chi connectivity index (χ4n) is 9.66. The number of hydrogen-bond acceptors (Lipinski definition) is 11. The van der Waals surface area contributed by atoms with Crippen molar-refractivity contribution >= 4 is 88.2 Å². The Hall–Kier alpha value is -9.80. The molecular formula is C69H67ClN4O14S3. The maximum Gasteiger partial charge on any atom is 0.335 e. The molecule has 9 aromatic rings. The molecule has 1 amide bonds. The highest BCUT2D eigenvalue weighted by molar-refractivity contribution is 7.93. The molecule has 0 saturated carbocycles. The summed E-state index contributed by atoms with van der Waals surface area (Å²) in [6.45, 7) is 1.38. The standard InChI is InChI=1S/C24H24N2O5S.C23H23NO5S.C22H20ClNO4S/c1-17(27)25-20-13-15-21(16-14-20)32(30,31)26-23-12-5-3-8-19(23)10-6-9-18-7-2-4-11-22(18)24(28)29;1-29-19-13-15-20(16-14-19)30(27,28)24-22-12-5-3-8-18(22)10-6-9-17-7-2-4-11-21(17)23(25)26;23-18-12-14-19(15-13-18)29(27,28)24-21-11-4-2-7-17(21)9-5-8-16-6-1-3-10-20(16)22(25)26/h2-5,7-8,11-16,26H,6,9-10H2,1H3,(H,25,27)(H,28,29);2-5,7-8,11-16,24H,6,9-10H2,1H3,(H,25,26);1-4,6-7,10-15,24H,5,8-9H2,(H,25,26). The predicted molar refractivity (Wildman–Crippen MR) is 353 cm³/mol. The van der Waals surface area contributed by atoms with Crippen molar-refractivity contribution in [3.8, 4) is 5.75 Å². The lowest BCUT2D eigenvalue weighted by Gasteiger charge is -2.13. The van der Waals surface area contributed by atoms with Crippen LogP contribution < -0.4 is 24.2 Å². The van der Waals surface area contributed by atoms with Gasteiger partial charge in [0.15, 0.2) is 0 Å². The van der Waals surface area contributed by atoms with Crippen LogP contribution in [0.25, 0.3) is 0 Å². The Balaban J connectivity index is 0.000000194. The quantitative estimate of drug-likeness (QED) is 0.0265. The van der Waals surface area contributed by atoms with Crippen molar-refractivity contribution in [1.29, 1.82) is 0 Å². The number of ether oxygens (including phenoxy) is 1. The maximum atomic E-state index is 12.8. The molecule has 0 aliphatic rings. The summed E-state index contributed by atoms with van der Waals surface area (Å²) in [7, 11) is -9.77. The summed E-state index contributed by atoms with van der Waals surface area (Å²) in [5.41, 5.74) is 7.67. The van der Waals surface area contributed by atoms with Crippen LogP contribution in [-0.4, -0.2) is 71.5 Å². The number of anilines is 4. The first-order valence-electron chi connectivity index (χ1n) is 28.6. The van der Waals surface area contributed by atoms with Crippen molar-refractivity contribution in [3.05, 3.63) is 273 Å². The summed E-state index contributed by atoms with van der Waals surface area (Å²) in [4.78, 5) is 45.6. The lowest BCUT2D eigenvalue weighted by atomic mass is 9.99. The number of amides is 1. The van der Waals surface area contributed by atoms with Gasteiger partial charge >= 0.3 is 17.9 Å². The Labute approximate surface area is 534 Å². The highest BCUT2D eigenvalue weighted by atomic mass is 35.5. The van der Waals surface area contributed by atoms with E-state index in [1.165, 1.54) is 74.7 Å². The fourth-order valence-corrected chi connectivity index (χ4v) is 13.1. The van der Waals surface area contributed by atoms with Crippen molar-refractivity contribution in [2.24, 2.45) is 0 Å². The Bertz CT molecular complexity index is 4340. The number of halogens is 1. The first kappa shape index (κ1) is 68.7. The Morgan fingerprint density at radius 2 is 0.637 bits per heavy atom. The van der Waals surface area contributed by atoms with E-state index in [4.69, 9.17) is 16.3 Å². The van der Waals surface area contributed by atoms with E-state index in [1.807, 2.05) is 54.6 Å². The molecule has 18 nitrogen and oxygen atoms in total. The van der Waals surface area contributed by atoms with Crippen LogP contribution in [0.4, 0.5) is 22.7 Å². The Morgan fingerprint density at radius 1 is 0.374 bits per heavy atom. The molecule has 0 atom stereocenters. The molecule has 9 rings (SSSR count). The van der Waals surface area contributed by atoms with Crippen LogP contribution in [0.3, 0.4) is 0 Å². The number of carbonyl (C=O) groups is 4. The van der Waals surface area contributed by atoms with Crippen LogP contribution in [0.15, 0.2) is 233 Å². The molecule has 7 N–H and O–H groups in total. The molecule has 0 aliphatic carbocycles. The van der Waals surface area contributed by atoms with E-state index in [9.17, 15) is 59.8 Å². The summed E-state index contributed by atoms with van der Waals surface area (Å²) in [5.74, 6) is -2.51. The number of sulfonamides is 3. The van der Waals surface area contributed by atoms with Crippen LogP contribution in [-0.2, 0) is 73.4 Å². The van der Waals surface area contributed by atoms with Crippen LogP contribution in [0, 0.1) is 0 Å². The van der Waals surface area contributed by atoms with Gasteiger partial charge in [-0.05, 0) is 200 Å². The molecule has 472 valence electrons. The topological polar surface area (TPSA) is 289 Å². The van der Waals surface area contributed by atoms with Gasteiger partial charge in [-0.1, -0.05) is 121 Å². The van der Waals surface area contributed by atoms with E-state index in [0.717, 1.165) is 33.4 Å². The van der Waals surface area contributed by atoms with E-state index in [-0.39, 0.29) is 26.2 Å². The zero-order valence-corrected chi connectivity index (χ0v) is 52.8. The molecule has 0 radical (unpaired) electrons. The average molecular weight is 1310 g/mol. The normalized spacial score (nSPS) is 11.1. The van der Waals surface area contributed by atoms with E-state index in [1.54, 1.807) is 103 Å². The number of hydrogen-bond donors (Lipinski definition) is 7. The minimum Gasteiger partial charge on any atom is -0.497 e. The zero-order chi connectivity index (χ0) is 65.6. The summed E-state index contributed by atoms with van der Waals surface area (Å²) in [5, 5.41) is 31.0. The number of methoxy groups -OCH3 is 1. The van der Waals surface area contributed by atoms with Gasteiger partial charge < -0.3 is 25.4 Å². The molecule has 0 unspecified atom stereocenters. The molecule has 0 spiro atoms. The van der Waals surface area contributed by atoms with Crippen molar-refractivity contribution in [2.45, 2.75) is 79.4 Å². The maximum absolute atomic E-state index is 12.8. The number of nitrogens with one attached hydrogen (secondary N) is 4. The summed E-state index contributed by atoms with van der Waals surface area (Å²) in [6, 6.07) is 60.3. The van der Waals surface area contributed by atoms with Gasteiger partial charge in [-0.15, -0.1) is 0 Å². The van der Waals surface area contributed by atoms with Gasteiger partial charge in [-0.25, -0.2) is 39.6 Å². The predicted octanol–water partition coefficient (Wildman–Crippen LogP) is 13.7. The van der Waals surface area contributed by atoms with Gasteiger partial charge in [0.2, 0.25) is 5.91 Å². The molecule has 0 fully saturated rings. The SMILES string of the molecule is CC(=O)Nc1ccc(S(=O)(=O)Nc2ccccc2CCCc2ccccc2C(=O)O)cc1.COc1ccc(S(=O)(=O)Nc2ccccc2CCCc2ccccc2C(=O)O)cc1.O=C(O)c1ccccc1CCCc1ccccc1NS(=O)(=O)c1ccc(Cl)cc1. The van der Waals surface area contributed by atoms with Crippen molar-refractivity contribution in [2.75, 3.05) is 26.6 Å². The third-order valence-corrected chi connectivity index (χ3v) is 18.6. The lowest BCUT2D eigenvalue weighted by Crippen LogP contribution is -2.14. The van der Waals surface area contributed by atoms with Crippen molar-refractivity contribution < 1.29 is 64.5 Å². The van der Waals surface area contributed by atoms with Crippen molar-refractivity contribution in [1.82, 2.24) is 0 Å². The minimum atomic E-state index is -3.82. The van der Waals surface area contributed by atoms with Crippen LogP contribution in [0.2, 0.25) is 5.02 Å². The fraction of sp³-hybridized carbons (Fsp3) is 0.159. The van der Waals surface area contributed by atoms with E-state index in [0.29, 0.717) is 102 Å². The smallest absolute Gasteiger partial charge is 0.335 e. The molecule has 0 bridgehead atoms. The lowest BCUT2D eigenvalue weighted by molar-refractivity contribution is -0.114.